The average Bonchev–Trinajstić information content (AvgIpc) is 3.78. The number of aromatic nitrogens is 4. The quantitative estimate of drug-likeness (QED) is 0.0431. The van der Waals surface area contributed by atoms with Crippen molar-refractivity contribution >= 4 is 46.7 Å². The summed E-state index contributed by atoms with van der Waals surface area (Å²) in [5.74, 6) is -1.34. The number of rotatable bonds is 24. The summed E-state index contributed by atoms with van der Waals surface area (Å²) in [5, 5.41) is 18.7. The van der Waals surface area contributed by atoms with Crippen LogP contribution in [0, 0.1) is 5.92 Å². The summed E-state index contributed by atoms with van der Waals surface area (Å²) >= 11 is 0. The van der Waals surface area contributed by atoms with Crippen molar-refractivity contribution in [1.29, 1.82) is 0 Å². The van der Waals surface area contributed by atoms with E-state index in [2.05, 4.69) is 51.5 Å². The third kappa shape index (κ3) is 12.3. The van der Waals surface area contributed by atoms with E-state index in [4.69, 9.17) is 13.9 Å². The third-order valence-corrected chi connectivity index (χ3v) is 12.8. The number of carbonyl (C=O) groups excluding carboxylic acids is 5. The lowest BCUT2D eigenvalue weighted by atomic mass is 10.0. The molecule has 2 saturated heterocycles. The van der Waals surface area contributed by atoms with Crippen LogP contribution in [0.5, 0.6) is 0 Å². The molecule has 0 radical (unpaired) electrons. The fraction of sp³-hybridized carbons (Fsp3) is 0.429. The molecule has 5 amide bonds. The predicted molar refractivity (Wildman–Crippen MR) is 255 cm³/mol. The molecule has 9 rings (SSSR count). The topological polar surface area (TPSA) is 230 Å². The second kappa shape index (κ2) is 22.8. The van der Waals surface area contributed by atoms with Crippen LogP contribution in [0.3, 0.4) is 0 Å². The largest absolute Gasteiger partial charge is 0.444 e. The van der Waals surface area contributed by atoms with Crippen molar-refractivity contribution in [2.75, 3.05) is 101 Å². The van der Waals surface area contributed by atoms with Gasteiger partial charge in [-0.25, -0.2) is 23.4 Å². The van der Waals surface area contributed by atoms with E-state index < -0.39 is 47.7 Å². The van der Waals surface area contributed by atoms with Crippen molar-refractivity contribution in [1.82, 2.24) is 45.1 Å². The Morgan fingerprint density at radius 3 is 2.32 bits per heavy atom. The van der Waals surface area contributed by atoms with E-state index in [1.807, 2.05) is 12.1 Å². The van der Waals surface area contributed by atoms with Crippen LogP contribution < -0.4 is 26.6 Å². The van der Waals surface area contributed by atoms with Gasteiger partial charge in [-0.2, -0.15) is 5.10 Å². The zero-order valence-electron chi connectivity index (χ0n) is 39.0. The fourth-order valence-corrected chi connectivity index (χ4v) is 8.60. The van der Waals surface area contributed by atoms with Gasteiger partial charge < -0.3 is 35.2 Å². The molecule has 3 aliphatic heterocycles. The Balaban J connectivity index is 0.623. The average molecular weight is 979 g/mol. The van der Waals surface area contributed by atoms with Gasteiger partial charge in [-0.1, -0.05) is 18.2 Å². The van der Waals surface area contributed by atoms with Crippen LogP contribution in [-0.4, -0.2) is 155 Å². The lowest BCUT2D eigenvalue weighted by Gasteiger charge is -2.34. The molecular formula is C49H56F2N12O8. The monoisotopic (exact) mass is 978 g/mol. The molecule has 1 atom stereocenters. The summed E-state index contributed by atoms with van der Waals surface area (Å²) in [7, 11) is 0. The molecule has 71 heavy (non-hydrogen) atoms. The Kier molecular flexibility index (Phi) is 15.8. The van der Waals surface area contributed by atoms with Gasteiger partial charge in [-0.05, 0) is 67.1 Å². The first-order chi connectivity index (χ1) is 34.6. The van der Waals surface area contributed by atoms with Crippen molar-refractivity contribution in [3.05, 3.63) is 101 Å². The molecule has 22 heteroatoms. The lowest BCUT2D eigenvalue weighted by Crippen LogP contribution is -2.54. The van der Waals surface area contributed by atoms with Crippen LogP contribution >= 0.6 is 0 Å². The van der Waals surface area contributed by atoms with Gasteiger partial charge >= 0.3 is 0 Å². The van der Waals surface area contributed by atoms with Crippen molar-refractivity contribution in [2.45, 2.75) is 44.7 Å². The summed E-state index contributed by atoms with van der Waals surface area (Å²) in [6.45, 7) is 9.89. The van der Waals surface area contributed by atoms with E-state index in [0.29, 0.717) is 74.7 Å². The molecular weight excluding hydrogens is 923 g/mol. The molecule has 6 heterocycles. The van der Waals surface area contributed by atoms with Crippen molar-refractivity contribution in [2.24, 2.45) is 5.92 Å². The zero-order chi connectivity index (χ0) is 49.3. The number of pyridine rings is 1. The van der Waals surface area contributed by atoms with Crippen LogP contribution in [0.1, 0.15) is 74.6 Å². The maximum atomic E-state index is 14.1. The zero-order valence-corrected chi connectivity index (χ0v) is 39.0. The Morgan fingerprint density at radius 2 is 1.61 bits per heavy atom. The number of piperidine rings is 1. The molecule has 0 spiro atoms. The Bertz CT molecular complexity index is 2700. The Hall–Kier alpha value is -6.98. The Labute approximate surface area is 407 Å². The highest BCUT2D eigenvalue weighted by molar-refractivity contribution is 6.25. The lowest BCUT2D eigenvalue weighted by molar-refractivity contribution is -0.136. The van der Waals surface area contributed by atoms with E-state index >= 15 is 0 Å². The SMILES string of the molecule is O=C1CCC(N2C(=O)c3cccc(NCCOCCN4CCN(CCOCCNCc5ccc(-n6cc(NC(=O)c7coc(-c8ccnc(NCC9CC9)c8)n7)c(C(F)F)n6)cc5)CC4)c3C2=O)C(=O)N1. The standard InChI is InChI=1S/C49H56F2N12O8/c50-44(51)43-37(56-45(65)38-30-71-47(57-38)33-12-13-54-40(26-33)55-28-32-4-5-32)29-62(59-43)34-8-6-31(7-9-34)27-52-14-22-69-24-20-60-16-18-61(19-17-60)21-25-70-23-15-53-36-3-1-2-35-42(36)49(68)63(48(35)67)39-10-11-41(64)58-46(39)66/h1-3,6-9,12-13,26,29-30,32,39,44,52-53H,4-5,10-11,14-25,27-28H2,(H,54,55)(H,56,65)(H,58,64,66). The second-order valence-corrected chi connectivity index (χ2v) is 17.8. The molecule has 1 unspecified atom stereocenters. The van der Waals surface area contributed by atoms with Gasteiger partial charge in [0.25, 0.3) is 24.1 Å². The van der Waals surface area contributed by atoms with E-state index in [1.54, 1.807) is 48.7 Å². The molecule has 4 aliphatic rings. The molecule has 1 saturated carbocycles. The summed E-state index contributed by atoms with van der Waals surface area (Å²) in [6.07, 6.45) is 3.78. The van der Waals surface area contributed by atoms with Gasteiger partial charge in [0.15, 0.2) is 11.4 Å². The minimum absolute atomic E-state index is 0.0619. The van der Waals surface area contributed by atoms with Crippen molar-refractivity contribution in [3.63, 3.8) is 0 Å². The van der Waals surface area contributed by atoms with E-state index in [9.17, 15) is 32.8 Å². The molecule has 2 aromatic carbocycles. The van der Waals surface area contributed by atoms with E-state index in [1.165, 1.54) is 30.0 Å². The number of hydrogen-bond acceptors (Lipinski definition) is 16. The first kappa shape index (κ1) is 49.0. The number of anilines is 3. The van der Waals surface area contributed by atoms with Crippen LogP contribution in [0.15, 0.2) is 77.7 Å². The van der Waals surface area contributed by atoms with Crippen LogP contribution in [0.25, 0.3) is 17.1 Å². The number of ether oxygens (including phenoxy) is 2. The van der Waals surface area contributed by atoms with Gasteiger partial charge in [0.1, 0.15) is 18.1 Å². The van der Waals surface area contributed by atoms with E-state index in [-0.39, 0.29) is 41.2 Å². The number of hydrogen-bond donors (Lipinski definition) is 5. The van der Waals surface area contributed by atoms with Gasteiger partial charge in [0, 0.05) is 89.3 Å². The molecule has 5 N–H and O–H groups in total. The summed E-state index contributed by atoms with van der Waals surface area (Å²) in [5.41, 5.74) is 2.32. The van der Waals surface area contributed by atoms with Gasteiger partial charge in [-0.3, -0.25) is 44.0 Å². The number of nitrogens with zero attached hydrogens (tertiary/aromatic N) is 7. The number of oxazole rings is 1. The third-order valence-electron chi connectivity index (χ3n) is 12.8. The molecule has 3 aromatic heterocycles. The normalized spacial score (nSPS) is 17.5. The molecule has 20 nitrogen and oxygen atoms in total. The number of carbonyl (C=O) groups is 5. The maximum Gasteiger partial charge on any atom is 0.284 e. The minimum Gasteiger partial charge on any atom is -0.444 e. The summed E-state index contributed by atoms with van der Waals surface area (Å²) < 4.78 is 46.8. The highest BCUT2D eigenvalue weighted by Gasteiger charge is 2.45. The van der Waals surface area contributed by atoms with Crippen molar-refractivity contribution < 1.29 is 46.6 Å². The van der Waals surface area contributed by atoms with Crippen LogP contribution in [-0.2, 0) is 25.6 Å². The molecule has 3 fully saturated rings. The summed E-state index contributed by atoms with van der Waals surface area (Å²) in [4.78, 5) is 77.8. The maximum absolute atomic E-state index is 14.1. The number of piperazine rings is 1. The van der Waals surface area contributed by atoms with Crippen LogP contribution in [0.4, 0.5) is 26.0 Å². The van der Waals surface area contributed by atoms with E-state index in [0.717, 1.165) is 56.3 Å². The number of fused-ring (bicyclic) bond motifs is 1. The molecule has 5 aromatic rings. The highest BCUT2D eigenvalue weighted by atomic mass is 19.3. The van der Waals surface area contributed by atoms with Gasteiger partial charge in [-0.15, -0.1) is 0 Å². The van der Waals surface area contributed by atoms with Gasteiger partial charge in [0.05, 0.1) is 55.1 Å². The summed E-state index contributed by atoms with van der Waals surface area (Å²) in [6, 6.07) is 14.8. The first-order valence-corrected chi connectivity index (χ1v) is 23.9. The molecule has 0 bridgehead atoms. The number of benzene rings is 2. The second-order valence-electron chi connectivity index (χ2n) is 17.8. The number of amides is 5. The molecule has 374 valence electrons. The smallest absolute Gasteiger partial charge is 0.284 e. The van der Waals surface area contributed by atoms with Gasteiger partial charge in [0.2, 0.25) is 17.7 Å². The predicted octanol–water partition coefficient (Wildman–Crippen LogP) is 4.19. The van der Waals surface area contributed by atoms with Crippen LogP contribution in [0.2, 0.25) is 0 Å². The number of imide groups is 2. The minimum atomic E-state index is -2.94. The number of halogens is 2. The number of nitrogens with one attached hydrogen (secondary N) is 5. The fourth-order valence-electron chi connectivity index (χ4n) is 8.60. The van der Waals surface area contributed by atoms with Crippen molar-refractivity contribution in [3.8, 4) is 17.1 Å². The molecule has 1 aliphatic carbocycles. The Morgan fingerprint density at radius 1 is 0.859 bits per heavy atom. The number of alkyl halides is 2. The highest BCUT2D eigenvalue weighted by Crippen LogP contribution is 2.33. The first-order valence-electron chi connectivity index (χ1n) is 23.9.